The number of nitrogens with zero attached hydrogens (tertiary/aromatic N) is 4. The van der Waals surface area contributed by atoms with E-state index >= 15 is 0 Å². The summed E-state index contributed by atoms with van der Waals surface area (Å²) in [6, 6.07) is 16.1. The molecule has 1 fully saturated rings. The van der Waals surface area contributed by atoms with Gasteiger partial charge in [0.25, 0.3) is 5.91 Å². The van der Waals surface area contributed by atoms with Gasteiger partial charge in [-0.15, -0.1) is 0 Å². The van der Waals surface area contributed by atoms with Crippen LogP contribution in [-0.2, 0) is 19.1 Å². The van der Waals surface area contributed by atoms with Gasteiger partial charge in [-0.25, -0.2) is 4.79 Å². The lowest BCUT2D eigenvalue weighted by Gasteiger charge is -2.19. The highest BCUT2D eigenvalue weighted by atomic mass is 35.5. The highest BCUT2D eigenvalue weighted by molar-refractivity contribution is 6.30. The van der Waals surface area contributed by atoms with Crippen molar-refractivity contribution in [1.82, 2.24) is 24.9 Å². The van der Waals surface area contributed by atoms with Gasteiger partial charge in [0, 0.05) is 29.0 Å². The fraction of sp³-hybridized carbons (Fsp3) is 0.185. The van der Waals surface area contributed by atoms with Crippen LogP contribution in [0.15, 0.2) is 67.0 Å². The number of halogens is 1. The molecule has 3 aromatic carbocycles. The predicted molar refractivity (Wildman–Crippen MR) is 136 cm³/mol. The lowest BCUT2D eigenvalue weighted by molar-refractivity contribution is 0.0696. The normalized spacial score (nSPS) is 14.3. The number of aromatic carboxylic acids is 1. The molecule has 0 spiro atoms. The van der Waals surface area contributed by atoms with Crippen LogP contribution in [0.5, 0.6) is 0 Å². The maximum absolute atomic E-state index is 13.8. The summed E-state index contributed by atoms with van der Waals surface area (Å²) in [4.78, 5) is 25.0. The van der Waals surface area contributed by atoms with Gasteiger partial charge in [-0.1, -0.05) is 35.9 Å². The van der Waals surface area contributed by atoms with E-state index in [0.717, 1.165) is 40.3 Å². The van der Waals surface area contributed by atoms with E-state index in [9.17, 15) is 14.7 Å². The molecular formula is C27H22ClN5O3. The first-order valence-corrected chi connectivity index (χ1v) is 11.9. The highest BCUT2D eigenvalue weighted by Crippen LogP contribution is 2.46. The number of fused-ring (bicyclic) bond motifs is 3. The van der Waals surface area contributed by atoms with Crippen LogP contribution in [-0.4, -0.2) is 36.5 Å². The molecule has 8 nitrogen and oxygen atoms in total. The summed E-state index contributed by atoms with van der Waals surface area (Å²) >= 11 is 6.19. The number of hydrogen-bond donors (Lipinski definition) is 2. The number of aromatic nitrogens is 4. The third-order valence-electron chi connectivity index (χ3n) is 6.76. The molecule has 0 atom stereocenters. The molecule has 2 aromatic heterocycles. The molecule has 2 N–H and O–H groups in total. The Kier molecular flexibility index (Phi) is 5.08. The number of aryl methyl sites for hydroxylation is 1. The zero-order valence-corrected chi connectivity index (χ0v) is 20.2. The summed E-state index contributed by atoms with van der Waals surface area (Å²) in [7, 11) is 1.85. The zero-order valence-electron chi connectivity index (χ0n) is 19.4. The average molecular weight is 500 g/mol. The second kappa shape index (κ2) is 8.20. The van der Waals surface area contributed by atoms with Gasteiger partial charge >= 0.3 is 5.97 Å². The van der Waals surface area contributed by atoms with Crippen molar-refractivity contribution in [3.63, 3.8) is 0 Å². The molecule has 5 aromatic rings. The summed E-state index contributed by atoms with van der Waals surface area (Å²) < 4.78 is 3.54. The van der Waals surface area contributed by atoms with Crippen LogP contribution in [0.3, 0.4) is 0 Å². The molecule has 0 aliphatic heterocycles. The second-order valence-corrected chi connectivity index (χ2v) is 9.71. The molecular weight excluding hydrogens is 478 g/mol. The fourth-order valence-corrected chi connectivity index (χ4v) is 5.03. The Morgan fingerprint density at radius 1 is 1.14 bits per heavy atom. The van der Waals surface area contributed by atoms with Gasteiger partial charge < -0.3 is 10.4 Å². The summed E-state index contributed by atoms with van der Waals surface area (Å²) in [5, 5.41) is 23.9. The van der Waals surface area contributed by atoms with Crippen LogP contribution in [0.1, 0.15) is 44.7 Å². The van der Waals surface area contributed by atoms with Crippen LogP contribution < -0.4 is 5.32 Å². The first-order valence-electron chi connectivity index (χ1n) is 11.6. The third-order valence-corrected chi connectivity index (χ3v) is 6.99. The van der Waals surface area contributed by atoms with Crippen molar-refractivity contribution < 1.29 is 14.7 Å². The van der Waals surface area contributed by atoms with Crippen LogP contribution in [0.25, 0.3) is 21.8 Å². The van der Waals surface area contributed by atoms with E-state index in [1.807, 2.05) is 48.3 Å². The molecule has 1 saturated carbocycles. The summed E-state index contributed by atoms with van der Waals surface area (Å²) in [6.45, 7) is 0.449. The molecule has 9 heteroatoms. The SMILES string of the molecule is Cn1cc2cc(C(=O)NC3(c4ccc(C(=O)O)cc4)CC3)c3c(cnn3Cc3cccc(Cl)c3)c2n1. The van der Waals surface area contributed by atoms with E-state index < -0.39 is 11.5 Å². The zero-order chi connectivity index (χ0) is 25.0. The van der Waals surface area contributed by atoms with E-state index in [4.69, 9.17) is 11.6 Å². The van der Waals surface area contributed by atoms with Crippen molar-refractivity contribution in [2.24, 2.45) is 7.05 Å². The van der Waals surface area contributed by atoms with E-state index in [-0.39, 0.29) is 11.5 Å². The molecule has 1 aliphatic rings. The van der Waals surface area contributed by atoms with Crippen molar-refractivity contribution >= 4 is 45.3 Å². The molecule has 0 saturated heterocycles. The van der Waals surface area contributed by atoms with Crippen LogP contribution in [0.2, 0.25) is 5.02 Å². The highest BCUT2D eigenvalue weighted by Gasteiger charge is 2.46. The minimum absolute atomic E-state index is 0.210. The minimum Gasteiger partial charge on any atom is -0.478 e. The van der Waals surface area contributed by atoms with Gasteiger partial charge in [-0.2, -0.15) is 10.2 Å². The Labute approximate surface area is 211 Å². The lowest BCUT2D eigenvalue weighted by atomic mass is 10.0. The molecule has 6 rings (SSSR count). The third kappa shape index (κ3) is 3.79. The average Bonchev–Trinajstić information content (AvgIpc) is 3.35. The number of carboxylic acid groups (broad SMARTS) is 1. The van der Waals surface area contributed by atoms with E-state index in [2.05, 4.69) is 15.5 Å². The number of rotatable bonds is 6. The minimum atomic E-state index is -0.976. The van der Waals surface area contributed by atoms with Crippen molar-refractivity contribution in [3.8, 4) is 0 Å². The molecule has 180 valence electrons. The topological polar surface area (TPSA) is 102 Å². The predicted octanol–water partition coefficient (Wildman–Crippen LogP) is 4.74. The molecule has 2 heterocycles. The number of carboxylic acids is 1. The summed E-state index contributed by atoms with van der Waals surface area (Å²) in [6.07, 6.45) is 5.21. The van der Waals surface area contributed by atoms with Gasteiger partial charge in [0.15, 0.2) is 0 Å². The van der Waals surface area contributed by atoms with E-state index in [1.54, 1.807) is 35.1 Å². The summed E-state index contributed by atoms with van der Waals surface area (Å²) in [5.41, 5.74) is 3.57. The standard InChI is InChI=1S/C27H22ClN5O3/c1-32-15-18-12-21(25(34)30-27(9-10-27)19-7-5-17(6-8-19)26(35)36)24-22(23(18)31-32)13-29-33(24)14-16-3-2-4-20(28)11-16/h2-8,11-13,15H,9-10,14H2,1H3,(H,30,34)(H,35,36). The van der Waals surface area contributed by atoms with Crippen LogP contribution in [0, 0.1) is 0 Å². The van der Waals surface area contributed by atoms with Gasteiger partial charge in [0.05, 0.1) is 34.9 Å². The lowest BCUT2D eigenvalue weighted by Crippen LogP contribution is -2.35. The largest absolute Gasteiger partial charge is 0.478 e. The number of amides is 1. The van der Waals surface area contributed by atoms with Crippen molar-refractivity contribution in [2.75, 3.05) is 0 Å². The van der Waals surface area contributed by atoms with E-state index in [1.165, 1.54) is 0 Å². The smallest absolute Gasteiger partial charge is 0.335 e. The van der Waals surface area contributed by atoms with Crippen LogP contribution >= 0.6 is 11.6 Å². The Bertz CT molecular complexity index is 1660. The molecule has 1 amide bonds. The maximum atomic E-state index is 13.8. The Morgan fingerprint density at radius 3 is 2.61 bits per heavy atom. The van der Waals surface area contributed by atoms with Crippen molar-refractivity contribution in [2.45, 2.75) is 24.9 Å². The maximum Gasteiger partial charge on any atom is 0.335 e. The number of carbonyl (C=O) groups excluding carboxylic acids is 1. The number of hydrogen-bond acceptors (Lipinski definition) is 4. The van der Waals surface area contributed by atoms with Crippen molar-refractivity contribution in [3.05, 3.63) is 94.3 Å². The monoisotopic (exact) mass is 499 g/mol. The quantitative estimate of drug-likeness (QED) is 0.351. The second-order valence-electron chi connectivity index (χ2n) is 9.28. The van der Waals surface area contributed by atoms with Gasteiger partial charge in [0.1, 0.15) is 5.52 Å². The first kappa shape index (κ1) is 22.3. The van der Waals surface area contributed by atoms with Gasteiger partial charge in [-0.3, -0.25) is 14.2 Å². The number of nitrogens with one attached hydrogen (secondary N) is 1. The molecule has 0 unspecified atom stereocenters. The molecule has 36 heavy (non-hydrogen) atoms. The van der Waals surface area contributed by atoms with Crippen molar-refractivity contribution in [1.29, 1.82) is 0 Å². The molecule has 1 aliphatic carbocycles. The first-order chi connectivity index (χ1) is 17.3. The Balaban J connectivity index is 1.42. The van der Waals surface area contributed by atoms with Gasteiger partial charge in [0.2, 0.25) is 0 Å². The van der Waals surface area contributed by atoms with Gasteiger partial charge in [-0.05, 0) is 54.3 Å². The Morgan fingerprint density at radius 2 is 1.92 bits per heavy atom. The number of carbonyl (C=O) groups is 2. The molecule has 0 bridgehead atoms. The van der Waals surface area contributed by atoms with E-state index in [0.29, 0.717) is 22.6 Å². The van der Waals surface area contributed by atoms with Crippen LogP contribution in [0.4, 0.5) is 0 Å². The number of benzene rings is 3. The fourth-order valence-electron chi connectivity index (χ4n) is 4.82. The molecule has 0 radical (unpaired) electrons. The Hall–Kier alpha value is -4.17. The summed E-state index contributed by atoms with van der Waals surface area (Å²) in [5.74, 6) is -1.19.